The molecule has 0 amide bonds. The van der Waals surface area contributed by atoms with Gasteiger partial charge in [-0.3, -0.25) is 4.79 Å². The maximum Gasteiger partial charge on any atom is 0.187 e. The summed E-state index contributed by atoms with van der Waals surface area (Å²) in [5, 5.41) is 3.04. The minimum Gasteiger partial charge on any atom is -0.497 e. The first-order valence-electron chi connectivity index (χ1n) is 6.90. The minimum absolute atomic E-state index is 0.0608. The number of allylic oxidation sites excluding steroid dienone is 1. The SMILES string of the molecule is COc1ccc(OC)c(N/C=C/C(=O)c2ccc(C)cc2)c1. The van der Waals surface area contributed by atoms with Gasteiger partial charge in [0, 0.05) is 23.9 Å². The first-order valence-corrected chi connectivity index (χ1v) is 6.90. The van der Waals surface area contributed by atoms with Gasteiger partial charge in [0.25, 0.3) is 0 Å². The Labute approximate surface area is 130 Å². The Morgan fingerprint density at radius 3 is 2.41 bits per heavy atom. The highest BCUT2D eigenvalue weighted by Gasteiger charge is 2.04. The highest BCUT2D eigenvalue weighted by molar-refractivity contribution is 6.04. The smallest absolute Gasteiger partial charge is 0.187 e. The molecular weight excluding hydrogens is 278 g/mol. The predicted molar refractivity (Wildman–Crippen MR) is 87.8 cm³/mol. The Hall–Kier alpha value is -2.75. The highest BCUT2D eigenvalue weighted by atomic mass is 16.5. The molecule has 0 saturated heterocycles. The molecule has 22 heavy (non-hydrogen) atoms. The fourth-order valence-electron chi connectivity index (χ4n) is 1.95. The second-order valence-electron chi connectivity index (χ2n) is 4.77. The summed E-state index contributed by atoms with van der Waals surface area (Å²) in [5.74, 6) is 1.32. The van der Waals surface area contributed by atoms with Crippen LogP contribution >= 0.6 is 0 Å². The van der Waals surface area contributed by atoms with Crippen molar-refractivity contribution in [3.63, 3.8) is 0 Å². The van der Waals surface area contributed by atoms with E-state index >= 15 is 0 Å². The van der Waals surface area contributed by atoms with Crippen molar-refractivity contribution in [3.05, 3.63) is 65.9 Å². The Bertz CT molecular complexity index is 675. The maximum atomic E-state index is 12.0. The average molecular weight is 297 g/mol. The van der Waals surface area contributed by atoms with E-state index in [1.54, 1.807) is 32.6 Å². The van der Waals surface area contributed by atoms with Gasteiger partial charge < -0.3 is 14.8 Å². The lowest BCUT2D eigenvalue weighted by Crippen LogP contribution is -1.98. The van der Waals surface area contributed by atoms with Crippen LogP contribution in [0.1, 0.15) is 15.9 Å². The topological polar surface area (TPSA) is 47.6 Å². The van der Waals surface area contributed by atoms with Gasteiger partial charge in [0.15, 0.2) is 5.78 Å². The van der Waals surface area contributed by atoms with E-state index in [4.69, 9.17) is 9.47 Å². The molecule has 0 aliphatic rings. The number of ketones is 1. The molecule has 0 radical (unpaired) electrons. The number of rotatable bonds is 6. The number of methoxy groups -OCH3 is 2. The standard InChI is InChI=1S/C18H19NO3/c1-13-4-6-14(7-5-13)17(20)10-11-19-16-12-15(21-2)8-9-18(16)22-3/h4-12,19H,1-3H3/b11-10+. The van der Waals surface area contributed by atoms with Crippen molar-refractivity contribution in [2.75, 3.05) is 19.5 Å². The van der Waals surface area contributed by atoms with Gasteiger partial charge >= 0.3 is 0 Å². The Morgan fingerprint density at radius 1 is 1.05 bits per heavy atom. The summed E-state index contributed by atoms with van der Waals surface area (Å²) < 4.78 is 10.4. The van der Waals surface area contributed by atoms with Crippen LogP contribution in [0, 0.1) is 6.92 Å². The first-order chi connectivity index (χ1) is 10.6. The van der Waals surface area contributed by atoms with Crippen LogP contribution in [0.3, 0.4) is 0 Å². The van der Waals surface area contributed by atoms with Crippen molar-refractivity contribution in [1.82, 2.24) is 0 Å². The molecule has 0 fully saturated rings. The van der Waals surface area contributed by atoms with E-state index in [0.717, 1.165) is 11.3 Å². The molecule has 0 atom stereocenters. The minimum atomic E-state index is -0.0608. The Kier molecular flexibility index (Phi) is 5.20. The largest absolute Gasteiger partial charge is 0.497 e. The number of anilines is 1. The molecule has 0 saturated carbocycles. The van der Waals surface area contributed by atoms with E-state index in [1.807, 2.05) is 37.3 Å². The Morgan fingerprint density at radius 2 is 1.77 bits per heavy atom. The molecule has 0 bridgehead atoms. The molecule has 0 heterocycles. The van der Waals surface area contributed by atoms with Crippen LogP contribution < -0.4 is 14.8 Å². The lowest BCUT2D eigenvalue weighted by molar-refractivity contribution is 0.104. The fourth-order valence-corrected chi connectivity index (χ4v) is 1.95. The van der Waals surface area contributed by atoms with Gasteiger partial charge in [-0.1, -0.05) is 29.8 Å². The van der Waals surface area contributed by atoms with Crippen LogP contribution in [0.15, 0.2) is 54.7 Å². The highest BCUT2D eigenvalue weighted by Crippen LogP contribution is 2.28. The zero-order valence-electron chi connectivity index (χ0n) is 12.9. The van der Waals surface area contributed by atoms with E-state index < -0.39 is 0 Å². The molecule has 0 aliphatic heterocycles. The van der Waals surface area contributed by atoms with E-state index in [2.05, 4.69) is 5.32 Å². The molecule has 0 spiro atoms. The van der Waals surface area contributed by atoms with E-state index in [9.17, 15) is 4.79 Å². The molecule has 2 aromatic rings. The third-order valence-corrected chi connectivity index (χ3v) is 3.22. The average Bonchev–Trinajstić information content (AvgIpc) is 2.55. The number of ether oxygens (including phenoxy) is 2. The summed E-state index contributed by atoms with van der Waals surface area (Å²) in [4.78, 5) is 12.0. The van der Waals surface area contributed by atoms with Crippen molar-refractivity contribution in [3.8, 4) is 11.5 Å². The monoisotopic (exact) mass is 297 g/mol. The van der Waals surface area contributed by atoms with Gasteiger partial charge in [0.1, 0.15) is 11.5 Å². The predicted octanol–water partition coefficient (Wildman–Crippen LogP) is 3.82. The molecule has 4 nitrogen and oxygen atoms in total. The van der Waals surface area contributed by atoms with Gasteiger partial charge in [0.05, 0.1) is 19.9 Å². The quantitative estimate of drug-likeness (QED) is 0.650. The van der Waals surface area contributed by atoms with Crippen molar-refractivity contribution >= 4 is 11.5 Å². The van der Waals surface area contributed by atoms with Crippen molar-refractivity contribution in [1.29, 1.82) is 0 Å². The van der Waals surface area contributed by atoms with Gasteiger partial charge in [-0.25, -0.2) is 0 Å². The van der Waals surface area contributed by atoms with Crippen molar-refractivity contribution in [2.24, 2.45) is 0 Å². The number of benzene rings is 2. The van der Waals surface area contributed by atoms with Gasteiger partial charge in [-0.05, 0) is 19.1 Å². The molecule has 4 heteroatoms. The van der Waals surface area contributed by atoms with Gasteiger partial charge in [0.2, 0.25) is 0 Å². The van der Waals surface area contributed by atoms with Crippen molar-refractivity contribution < 1.29 is 14.3 Å². The molecule has 1 N–H and O–H groups in total. The maximum absolute atomic E-state index is 12.0. The van der Waals surface area contributed by atoms with Crippen LogP contribution in [-0.4, -0.2) is 20.0 Å². The third-order valence-electron chi connectivity index (χ3n) is 3.22. The van der Waals surface area contributed by atoms with E-state index in [-0.39, 0.29) is 5.78 Å². The lowest BCUT2D eigenvalue weighted by atomic mass is 10.1. The van der Waals surface area contributed by atoms with Crippen LogP contribution in [0.25, 0.3) is 0 Å². The number of aryl methyl sites for hydroxylation is 1. The van der Waals surface area contributed by atoms with E-state index in [0.29, 0.717) is 17.1 Å². The van der Waals surface area contributed by atoms with Crippen LogP contribution in [0.5, 0.6) is 11.5 Å². The summed E-state index contributed by atoms with van der Waals surface area (Å²) in [6.45, 7) is 1.99. The number of carbonyl (C=O) groups is 1. The third kappa shape index (κ3) is 3.88. The summed E-state index contributed by atoms with van der Waals surface area (Å²) in [5.41, 5.74) is 2.51. The zero-order valence-corrected chi connectivity index (χ0v) is 12.9. The number of hydrogen-bond acceptors (Lipinski definition) is 4. The van der Waals surface area contributed by atoms with E-state index in [1.165, 1.54) is 6.08 Å². The number of hydrogen-bond donors (Lipinski definition) is 1. The summed E-state index contributed by atoms with van der Waals surface area (Å²) in [7, 11) is 3.19. The molecule has 114 valence electrons. The fraction of sp³-hybridized carbons (Fsp3) is 0.167. The summed E-state index contributed by atoms with van der Waals surface area (Å²) >= 11 is 0. The van der Waals surface area contributed by atoms with Crippen LogP contribution in [0.4, 0.5) is 5.69 Å². The lowest BCUT2D eigenvalue weighted by Gasteiger charge is -2.09. The first kappa shape index (κ1) is 15.6. The normalized spacial score (nSPS) is 10.5. The van der Waals surface area contributed by atoms with Crippen molar-refractivity contribution in [2.45, 2.75) is 6.92 Å². The molecule has 2 rings (SSSR count). The summed E-state index contributed by atoms with van der Waals surface area (Å²) in [6, 6.07) is 12.9. The second-order valence-corrected chi connectivity index (χ2v) is 4.77. The van der Waals surface area contributed by atoms with Crippen LogP contribution in [0.2, 0.25) is 0 Å². The van der Waals surface area contributed by atoms with Gasteiger partial charge in [-0.2, -0.15) is 0 Å². The zero-order chi connectivity index (χ0) is 15.9. The molecule has 0 aromatic heterocycles. The molecular formula is C18H19NO3. The van der Waals surface area contributed by atoms with Gasteiger partial charge in [-0.15, -0.1) is 0 Å². The second kappa shape index (κ2) is 7.31. The molecule has 0 aliphatic carbocycles. The number of nitrogens with one attached hydrogen (secondary N) is 1. The molecule has 0 unspecified atom stereocenters. The summed E-state index contributed by atoms with van der Waals surface area (Å²) in [6.07, 6.45) is 3.09. The van der Waals surface area contributed by atoms with Crippen LogP contribution in [-0.2, 0) is 0 Å². The number of carbonyl (C=O) groups excluding carboxylic acids is 1. The Balaban J connectivity index is 2.08. The molecule has 2 aromatic carbocycles.